The van der Waals surface area contributed by atoms with E-state index in [1.807, 2.05) is 24.3 Å². The Kier molecular flexibility index (Phi) is 2.94. The summed E-state index contributed by atoms with van der Waals surface area (Å²) in [5.41, 5.74) is 1.16. The highest BCUT2D eigenvalue weighted by Crippen LogP contribution is 2.37. The average molecular weight is 220 g/mol. The van der Waals surface area contributed by atoms with E-state index >= 15 is 0 Å². The molecule has 1 aromatic rings. The van der Waals surface area contributed by atoms with Crippen LogP contribution < -0.4 is 4.74 Å². The number of para-hydroxylation sites is 1. The number of benzene rings is 1. The van der Waals surface area contributed by atoms with Gasteiger partial charge in [0.15, 0.2) is 0 Å². The maximum absolute atomic E-state index is 10.0. The van der Waals surface area contributed by atoms with Crippen molar-refractivity contribution in [2.75, 3.05) is 0 Å². The van der Waals surface area contributed by atoms with Gasteiger partial charge >= 0.3 is 0 Å². The van der Waals surface area contributed by atoms with Crippen molar-refractivity contribution in [2.24, 2.45) is 5.41 Å². The van der Waals surface area contributed by atoms with Gasteiger partial charge in [0, 0.05) is 12.0 Å². The van der Waals surface area contributed by atoms with Crippen LogP contribution in [0.1, 0.15) is 45.3 Å². The second-order valence-corrected chi connectivity index (χ2v) is 5.79. The lowest BCUT2D eigenvalue weighted by Gasteiger charge is -2.33. The van der Waals surface area contributed by atoms with Crippen molar-refractivity contribution in [3.05, 3.63) is 29.8 Å². The molecule has 0 radical (unpaired) electrons. The number of hydrogen-bond donors (Lipinski definition) is 1. The van der Waals surface area contributed by atoms with Crippen molar-refractivity contribution >= 4 is 0 Å². The van der Waals surface area contributed by atoms with Crippen molar-refractivity contribution in [2.45, 2.75) is 45.8 Å². The molecule has 2 rings (SSSR count). The van der Waals surface area contributed by atoms with Gasteiger partial charge in [0.1, 0.15) is 11.9 Å². The number of ether oxygens (including phenoxy) is 1. The molecular weight excluding hydrogens is 200 g/mol. The zero-order valence-corrected chi connectivity index (χ0v) is 10.2. The van der Waals surface area contributed by atoms with Gasteiger partial charge in [0.25, 0.3) is 0 Å². The Balaban J connectivity index is 2.15. The van der Waals surface area contributed by atoms with Crippen molar-refractivity contribution in [1.82, 2.24) is 0 Å². The van der Waals surface area contributed by atoms with Crippen molar-refractivity contribution in [3.63, 3.8) is 0 Å². The normalized spacial score (nSPS) is 24.8. The molecule has 1 N–H and O–H groups in total. The number of fused-ring (bicyclic) bond motifs is 1. The Hall–Kier alpha value is -1.02. The summed E-state index contributed by atoms with van der Waals surface area (Å²) in [6, 6.07) is 7.77. The Labute approximate surface area is 97.3 Å². The van der Waals surface area contributed by atoms with Gasteiger partial charge in [-0.1, -0.05) is 39.0 Å². The fraction of sp³-hybridized carbons (Fsp3) is 0.571. The third-order valence-corrected chi connectivity index (χ3v) is 2.90. The van der Waals surface area contributed by atoms with E-state index in [0.29, 0.717) is 6.42 Å². The fourth-order valence-corrected chi connectivity index (χ4v) is 2.27. The summed E-state index contributed by atoms with van der Waals surface area (Å²) >= 11 is 0. The van der Waals surface area contributed by atoms with Crippen LogP contribution in [0, 0.1) is 5.41 Å². The Morgan fingerprint density at radius 1 is 1.31 bits per heavy atom. The topological polar surface area (TPSA) is 29.5 Å². The lowest BCUT2D eigenvalue weighted by Crippen LogP contribution is -2.29. The maximum Gasteiger partial charge on any atom is 0.125 e. The minimum Gasteiger partial charge on any atom is -0.490 e. The van der Waals surface area contributed by atoms with Crippen LogP contribution in [0.4, 0.5) is 0 Å². The first-order chi connectivity index (χ1) is 7.46. The van der Waals surface area contributed by atoms with Gasteiger partial charge in [-0.25, -0.2) is 0 Å². The highest BCUT2D eigenvalue weighted by atomic mass is 16.5. The van der Waals surface area contributed by atoms with Crippen molar-refractivity contribution < 1.29 is 9.84 Å². The molecule has 2 heteroatoms. The molecule has 2 nitrogen and oxygen atoms in total. The van der Waals surface area contributed by atoms with E-state index in [1.165, 1.54) is 0 Å². The molecule has 16 heavy (non-hydrogen) atoms. The minimum atomic E-state index is -0.378. The third-order valence-electron chi connectivity index (χ3n) is 2.90. The highest BCUT2D eigenvalue weighted by molar-refractivity contribution is 5.36. The summed E-state index contributed by atoms with van der Waals surface area (Å²) in [5.74, 6) is 0.843. The molecule has 0 spiro atoms. The molecule has 0 aliphatic carbocycles. The average Bonchev–Trinajstić information content (AvgIpc) is 2.15. The summed E-state index contributed by atoms with van der Waals surface area (Å²) in [6.07, 6.45) is 1.43. The molecule has 1 heterocycles. The molecule has 0 bridgehead atoms. The van der Waals surface area contributed by atoms with Crippen LogP contribution in [-0.4, -0.2) is 11.2 Å². The second kappa shape index (κ2) is 4.10. The summed E-state index contributed by atoms with van der Waals surface area (Å²) in [4.78, 5) is 0. The first-order valence-corrected chi connectivity index (χ1v) is 5.89. The molecule has 1 aliphatic heterocycles. The number of aliphatic hydroxyl groups excluding tert-OH is 1. The van der Waals surface area contributed by atoms with Gasteiger partial charge in [-0.2, -0.15) is 0 Å². The summed E-state index contributed by atoms with van der Waals surface area (Å²) in [7, 11) is 0. The van der Waals surface area contributed by atoms with Crippen LogP contribution in [0.25, 0.3) is 0 Å². The Bertz CT molecular complexity index is 365. The van der Waals surface area contributed by atoms with E-state index in [-0.39, 0.29) is 17.6 Å². The molecule has 1 aromatic carbocycles. The van der Waals surface area contributed by atoms with Gasteiger partial charge in [-0.05, 0) is 17.9 Å². The SMILES string of the molecule is CC(C)(C)CC1C[C@@H](O)c2ccccc2O1. The Morgan fingerprint density at radius 2 is 2.00 bits per heavy atom. The lowest BCUT2D eigenvalue weighted by atomic mass is 9.85. The summed E-state index contributed by atoms with van der Waals surface area (Å²) in [6.45, 7) is 6.59. The van der Waals surface area contributed by atoms with Crippen LogP contribution in [-0.2, 0) is 0 Å². The molecule has 0 fully saturated rings. The van der Waals surface area contributed by atoms with E-state index in [2.05, 4.69) is 20.8 Å². The van der Waals surface area contributed by atoms with Crippen molar-refractivity contribution in [3.8, 4) is 5.75 Å². The van der Waals surface area contributed by atoms with E-state index < -0.39 is 0 Å². The second-order valence-electron chi connectivity index (χ2n) is 5.79. The monoisotopic (exact) mass is 220 g/mol. The van der Waals surface area contributed by atoms with E-state index in [1.54, 1.807) is 0 Å². The Morgan fingerprint density at radius 3 is 2.69 bits per heavy atom. The largest absolute Gasteiger partial charge is 0.490 e. The van der Waals surface area contributed by atoms with Crippen LogP contribution >= 0.6 is 0 Å². The molecular formula is C14H20O2. The zero-order chi connectivity index (χ0) is 11.8. The van der Waals surface area contributed by atoms with Gasteiger partial charge < -0.3 is 9.84 Å². The molecule has 88 valence electrons. The predicted molar refractivity (Wildman–Crippen MR) is 64.5 cm³/mol. The van der Waals surface area contributed by atoms with Crippen LogP contribution in [0.15, 0.2) is 24.3 Å². The molecule has 1 aliphatic rings. The lowest BCUT2D eigenvalue weighted by molar-refractivity contribution is 0.0447. The van der Waals surface area contributed by atoms with E-state index in [0.717, 1.165) is 17.7 Å². The summed E-state index contributed by atoms with van der Waals surface area (Å²) in [5, 5.41) is 10.0. The van der Waals surface area contributed by atoms with Crippen LogP contribution in [0.3, 0.4) is 0 Å². The van der Waals surface area contributed by atoms with Gasteiger partial charge in [0.2, 0.25) is 0 Å². The number of rotatable bonds is 1. The number of aliphatic hydroxyl groups is 1. The quantitative estimate of drug-likeness (QED) is 0.786. The fourth-order valence-electron chi connectivity index (χ4n) is 2.27. The molecule has 1 unspecified atom stereocenters. The smallest absolute Gasteiger partial charge is 0.125 e. The minimum absolute atomic E-state index is 0.130. The molecule has 2 atom stereocenters. The van der Waals surface area contributed by atoms with Gasteiger partial charge in [0.05, 0.1) is 6.10 Å². The molecule has 0 amide bonds. The van der Waals surface area contributed by atoms with Crippen molar-refractivity contribution in [1.29, 1.82) is 0 Å². The van der Waals surface area contributed by atoms with Crippen LogP contribution in [0.2, 0.25) is 0 Å². The number of hydrogen-bond acceptors (Lipinski definition) is 2. The summed E-state index contributed by atoms with van der Waals surface area (Å²) < 4.78 is 5.92. The molecule has 0 saturated heterocycles. The van der Waals surface area contributed by atoms with Crippen LogP contribution in [0.5, 0.6) is 5.75 Å². The highest BCUT2D eigenvalue weighted by Gasteiger charge is 2.29. The van der Waals surface area contributed by atoms with Gasteiger partial charge in [-0.3, -0.25) is 0 Å². The van der Waals surface area contributed by atoms with E-state index in [4.69, 9.17) is 4.74 Å². The first-order valence-electron chi connectivity index (χ1n) is 5.89. The zero-order valence-electron chi connectivity index (χ0n) is 10.2. The standard InChI is InChI=1S/C14H20O2/c1-14(2,3)9-10-8-12(15)11-6-4-5-7-13(11)16-10/h4-7,10,12,15H,8-9H2,1-3H3/t10?,12-/m1/s1. The maximum atomic E-state index is 10.0. The predicted octanol–water partition coefficient (Wildman–Crippen LogP) is 3.31. The molecule has 0 saturated carbocycles. The first kappa shape index (κ1) is 11.5. The third kappa shape index (κ3) is 2.56. The van der Waals surface area contributed by atoms with E-state index in [9.17, 15) is 5.11 Å². The molecule has 0 aromatic heterocycles. The van der Waals surface area contributed by atoms with Gasteiger partial charge in [-0.15, -0.1) is 0 Å².